The summed E-state index contributed by atoms with van der Waals surface area (Å²) in [7, 11) is 0.382. The van der Waals surface area contributed by atoms with Crippen LogP contribution in [0, 0.1) is 0 Å². The lowest BCUT2D eigenvalue weighted by Crippen LogP contribution is -2.11. The number of fused-ring (bicyclic) bond motifs is 1. The number of hydrogen-bond acceptors (Lipinski definition) is 6. The molecule has 2 aromatic carbocycles. The van der Waals surface area contributed by atoms with E-state index in [2.05, 4.69) is 14.9 Å². The van der Waals surface area contributed by atoms with Crippen molar-refractivity contribution >= 4 is 34.1 Å². The first kappa shape index (κ1) is 20.7. The van der Waals surface area contributed by atoms with Crippen molar-refractivity contribution in [3.63, 3.8) is 0 Å². The topological polar surface area (TPSA) is 110 Å². The fraction of sp³-hybridized carbons (Fsp3) is 0.176. The monoisotopic (exact) mass is 411 g/mol. The third-order valence-electron chi connectivity index (χ3n) is 3.93. The first-order chi connectivity index (χ1) is 12.5. The van der Waals surface area contributed by atoms with Crippen LogP contribution in [0.1, 0.15) is 5.56 Å². The van der Waals surface area contributed by atoms with E-state index < -0.39 is 10.9 Å². The molecule has 0 saturated heterocycles. The normalized spacial score (nSPS) is 10.6. The average Bonchev–Trinajstić information content (AvgIpc) is 2.66. The van der Waals surface area contributed by atoms with Crippen LogP contribution < -0.4 is 19.8 Å². The minimum absolute atomic E-state index is 0. The highest BCUT2D eigenvalue weighted by molar-refractivity contribution is 7.70. The van der Waals surface area contributed by atoms with Crippen LogP contribution in [0.3, 0.4) is 0 Å². The molecule has 3 rings (SSSR count). The van der Waals surface area contributed by atoms with E-state index in [1.807, 2.05) is 12.1 Å². The number of nitrogens with one attached hydrogen (secondary N) is 2. The molecule has 10 heteroatoms. The molecule has 0 aliphatic rings. The summed E-state index contributed by atoms with van der Waals surface area (Å²) in [5.74, 6) is 0.949. The third kappa shape index (κ3) is 4.38. The molecule has 8 nitrogen and oxygen atoms in total. The molecule has 0 aliphatic carbocycles. The van der Waals surface area contributed by atoms with E-state index in [-0.39, 0.29) is 24.5 Å². The Labute approximate surface area is 163 Å². The first-order valence-corrected chi connectivity index (χ1v) is 8.83. The number of halogens is 1. The van der Waals surface area contributed by atoms with Crippen molar-refractivity contribution in [1.82, 2.24) is 14.9 Å². The van der Waals surface area contributed by atoms with Gasteiger partial charge in [-0.05, 0) is 17.7 Å². The van der Waals surface area contributed by atoms with Crippen molar-refractivity contribution in [2.75, 3.05) is 14.2 Å². The maximum absolute atomic E-state index is 12.2. The number of ether oxygens (including phenoxy) is 2. The summed E-state index contributed by atoms with van der Waals surface area (Å²) in [5, 5.41) is 7.71. The van der Waals surface area contributed by atoms with Crippen molar-refractivity contribution in [3.8, 4) is 22.8 Å². The van der Waals surface area contributed by atoms with Gasteiger partial charge < -0.3 is 9.47 Å². The van der Waals surface area contributed by atoms with Gasteiger partial charge in [0.2, 0.25) is 10.9 Å². The quantitative estimate of drug-likeness (QED) is 0.532. The van der Waals surface area contributed by atoms with E-state index in [1.54, 1.807) is 24.3 Å². The largest absolute Gasteiger partial charge is 0.493 e. The second-order valence-electron chi connectivity index (χ2n) is 5.44. The number of benzene rings is 2. The van der Waals surface area contributed by atoms with Crippen LogP contribution in [0.25, 0.3) is 22.0 Å². The van der Waals surface area contributed by atoms with Crippen LogP contribution >= 0.6 is 12.4 Å². The number of aromatic amines is 1. The Kier molecular flexibility index (Phi) is 6.78. The number of rotatable bonds is 6. The van der Waals surface area contributed by atoms with Gasteiger partial charge in [0.05, 0.1) is 25.3 Å². The molecular weight excluding hydrogens is 394 g/mol. The van der Waals surface area contributed by atoms with Gasteiger partial charge in [0, 0.05) is 17.5 Å². The van der Waals surface area contributed by atoms with Crippen LogP contribution in [0.2, 0.25) is 0 Å². The zero-order valence-electron chi connectivity index (χ0n) is 14.5. The zero-order valence-corrected chi connectivity index (χ0v) is 16.2. The van der Waals surface area contributed by atoms with Gasteiger partial charge in [-0.15, -0.1) is 12.4 Å². The van der Waals surface area contributed by atoms with Crippen molar-refractivity contribution < 1.29 is 17.9 Å². The molecule has 0 unspecified atom stereocenters. The Morgan fingerprint density at radius 1 is 1.04 bits per heavy atom. The van der Waals surface area contributed by atoms with Crippen LogP contribution in [0.15, 0.2) is 41.2 Å². The minimum Gasteiger partial charge on any atom is -0.493 e. The maximum Gasteiger partial charge on any atom is 0.272 e. The molecule has 3 aromatic rings. The Balaban J connectivity index is 0.00000261. The van der Waals surface area contributed by atoms with Crippen molar-refractivity contribution in [1.29, 1.82) is 0 Å². The number of methoxy groups -OCH3 is 2. The standard InChI is InChI=1S/C17H17N3O5S.ClH/c1-24-14-7-12-13(8-15(14)25-2)17(21)20-19-16(12)11-5-3-10(4-6-11)9-18-26(22)23;/h3-8,26H,9H2,1-2H3,(H,20,21)(H,18,22,23);1H. The molecule has 144 valence electrons. The summed E-state index contributed by atoms with van der Waals surface area (Å²) in [6.07, 6.45) is 0. The van der Waals surface area contributed by atoms with Crippen molar-refractivity contribution in [3.05, 3.63) is 52.3 Å². The summed E-state index contributed by atoms with van der Waals surface area (Å²) >= 11 is 0. The summed E-state index contributed by atoms with van der Waals surface area (Å²) in [6, 6.07) is 10.5. The third-order valence-corrected chi connectivity index (χ3v) is 4.35. The van der Waals surface area contributed by atoms with Gasteiger partial charge in [-0.25, -0.2) is 18.2 Å². The molecule has 0 fully saturated rings. The summed E-state index contributed by atoms with van der Waals surface area (Å²) < 4.78 is 34.1. The van der Waals surface area contributed by atoms with Gasteiger partial charge in [0.15, 0.2) is 11.5 Å². The molecule has 1 aromatic heterocycles. The van der Waals surface area contributed by atoms with Crippen LogP contribution in [0.5, 0.6) is 11.5 Å². The van der Waals surface area contributed by atoms with E-state index in [0.717, 1.165) is 11.1 Å². The summed E-state index contributed by atoms with van der Waals surface area (Å²) in [5.41, 5.74) is 1.83. The molecule has 0 saturated carbocycles. The summed E-state index contributed by atoms with van der Waals surface area (Å²) in [6.45, 7) is 0.212. The van der Waals surface area contributed by atoms with Gasteiger partial charge in [0.1, 0.15) is 0 Å². The van der Waals surface area contributed by atoms with E-state index in [1.165, 1.54) is 14.2 Å². The lowest BCUT2D eigenvalue weighted by atomic mass is 10.0. The Bertz CT molecular complexity index is 1070. The van der Waals surface area contributed by atoms with Crippen LogP contribution in [-0.4, -0.2) is 32.8 Å². The molecule has 0 bridgehead atoms. The molecular formula is C17H18ClN3O5S. The van der Waals surface area contributed by atoms with Gasteiger partial charge in [-0.2, -0.15) is 5.10 Å². The van der Waals surface area contributed by atoms with Gasteiger partial charge in [-0.3, -0.25) is 4.79 Å². The van der Waals surface area contributed by atoms with E-state index in [0.29, 0.717) is 28.0 Å². The summed E-state index contributed by atoms with van der Waals surface area (Å²) in [4.78, 5) is 12.2. The first-order valence-electron chi connectivity index (χ1n) is 7.65. The molecule has 0 aliphatic heterocycles. The van der Waals surface area contributed by atoms with Gasteiger partial charge in [0.25, 0.3) is 5.56 Å². The fourth-order valence-electron chi connectivity index (χ4n) is 2.65. The second-order valence-corrected chi connectivity index (χ2v) is 6.27. The number of nitrogens with zero attached hydrogens (tertiary/aromatic N) is 1. The number of aromatic nitrogens is 2. The Morgan fingerprint density at radius 2 is 1.63 bits per heavy atom. The van der Waals surface area contributed by atoms with E-state index >= 15 is 0 Å². The lowest BCUT2D eigenvalue weighted by molar-refractivity contribution is 0.356. The van der Waals surface area contributed by atoms with Crippen LogP contribution in [0.4, 0.5) is 0 Å². The maximum atomic E-state index is 12.2. The number of thiol groups is 1. The van der Waals surface area contributed by atoms with Gasteiger partial charge >= 0.3 is 0 Å². The second kappa shape index (κ2) is 8.85. The lowest BCUT2D eigenvalue weighted by Gasteiger charge is -2.11. The number of H-pyrrole nitrogens is 1. The van der Waals surface area contributed by atoms with Crippen molar-refractivity contribution in [2.24, 2.45) is 0 Å². The van der Waals surface area contributed by atoms with E-state index in [4.69, 9.17) is 9.47 Å². The fourth-order valence-corrected chi connectivity index (χ4v) is 2.96. The van der Waals surface area contributed by atoms with Gasteiger partial charge in [-0.1, -0.05) is 24.3 Å². The molecule has 0 amide bonds. The average molecular weight is 412 g/mol. The Morgan fingerprint density at radius 3 is 2.19 bits per heavy atom. The predicted molar refractivity (Wildman–Crippen MR) is 105 cm³/mol. The minimum atomic E-state index is -2.64. The van der Waals surface area contributed by atoms with Crippen molar-refractivity contribution in [2.45, 2.75) is 6.54 Å². The highest BCUT2D eigenvalue weighted by Crippen LogP contribution is 2.34. The van der Waals surface area contributed by atoms with E-state index in [9.17, 15) is 13.2 Å². The molecule has 27 heavy (non-hydrogen) atoms. The Hall–Kier alpha value is -2.62. The molecule has 2 N–H and O–H groups in total. The molecule has 0 spiro atoms. The number of hydrogen-bond donors (Lipinski definition) is 3. The highest BCUT2D eigenvalue weighted by Gasteiger charge is 2.14. The highest BCUT2D eigenvalue weighted by atomic mass is 35.5. The molecule has 0 atom stereocenters. The predicted octanol–water partition coefficient (Wildman–Crippen LogP) is 1.65. The zero-order chi connectivity index (χ0) is 18.7. The molecule has 1 heterocycles. The smallest absolute Gasteiger partial charge is 0.272 e. The molecule has 0 radical (unpaired) electrons. The SMILES string of the molecule is COc1cc2c(-c3ccc(CN[SH](=O)=O)cc3)n[nH]c(=O)c2cc1OC.Cl. The van der Waals surface area contributed by atoms with Crippen LogP contribution in [-0.2, 0) is 17.4 Å².